The summed E-state index contributed by atoms with van der Waals surface area (Å²) in [4.78, 5) is 17.7. The highest BCUT2D eigenvalue weighted by atomic mass is 32.2. The van der Waals surface area contributed by atoms with E-state index in [4.69, 9.17) is 18.9 Å². The molecule has 3 aromatic carbocycles. The lowest BCUT2D eigenvalue weighted by molar-refractivity contribution is 0.0161. The van der Waals surface area contributed by atoms with Crippen molar-refractivity contribution < 1.29 is 45.3 Å². The Hall–Kier alpha value is -4.83. The third-order valence-electron chi connectivity index (χ3n) is 7.60. The standard InChI is InChI=1S/C34H35F3N4O7S2/c1-34(2,3)48-33(42)40-14-6-7-25(21-8-11-23(35)12-9-21)28(40)19-47-30-16-27(37)31(17-26(30)36)50(43,44)41(32-38-20-39-49-32)18-22-10-13-24(45-4)15-29(22)46-5/h7-13,15-17,20,28H,6,14,18-19H2,1-5H3. The molecule has 2 heterocycles. The Labute approximate surface area is 292 Å². The maximum Gasteiger partial charge on any atom is 0.410 e. The van der Waals surface area contributed by atoms with Crippen molar-refractivity contribution in [1.82, 2.24) is 14.3 Å². The topological polar surface area (TPSA) is 120 Å². The van der Waals surface area contributed by atoms with Crippen LogP contribution >= 0.6 is 11.5 Å². The molecule has 16 heteroatoms. The predicted molar refractivity (Wildman–Crippen MR) is 180 cm³/mol. The number of aromatic nitrogens is 2. The van der Waals surface area contributed by atoms with Crippen molar-refractivity contribution in [2.75, 3.05) is 31.7 Å². The van der Waals surface area contributed by atoms with Gasteiger partial charge in [0.2, 0.25) is 5.13 Å². The number of rotatable bonds is 11. The van der Waals surface area contributed by atoms with E-state index in [1.807, 2.05) is 6.08 Å². The first-order chi connectivity index (χ1) is 23.7. The smallest absolute Gasteiger partial charge is 0.410 e. The zero-order valence-electron chi connectivity index (χ0n) is 27.9. The minimum Gasteiger partial charge on any atom is -0.497 e. The number of carbonyl (C=O) groups is 1. The summed E-state index contributed by atoms with van der Waals surface area (Å²) in [7, 11) is -1.92. The highest BCUT2D eigenvalue weighted by Crippen LogP contribution is 2.35. The fourth-order valence-corrected chi connectivity index (χ4v) is 7.46. The van der Waals surface area contributed by atoms with Gasteiger partial charge in [-0.3, -0.25) is 4.90 Å². The minimum absolute atomic E-state index is 0.0948. The van der Waals surface area contributed by atoms with Gasteiger partial charge in [-0.2, -0.15) is 4.37 Å². The van der Waals surface area contributed by atoms with Crippen molar-refractivity contribution in [3.63, 3.8) is 0 Å². The van der Waals surface area contributed by atoms with E-state index in [1.165, 1.54) is 43.4 Å². The normalized spacial score (nSPS) is 14.9. The van der Waals surface area contributed by atoms with Gasteiger partial charge in [0.1, 0.15) is 46.6 Å². The molecule has 1 aliphatic rings. The highest BCUT2D eigenvalue weighted by molar-refractivity contribution is 7.93. The van der Waals surface area contributed by atoms with Crippen LogP contribution < -0.4 is 18.5 Å². The monoisotopic (exact) mass is 732 g/mol. The molecule has 0 spiro atoms. The molecule has 0 saturated heterocycles. The lowest BCUT2D eigenvalue weighted by Gasteiger charge is -2.37. The number of anilines is 1. The number of hydrogen-bond donors (Lipinski definition) is 0. The first kappa shape index (κ1) is 36.5. The van der Waals surface area contributed by atoms with Crippen molar-refractivity contribution in [2.24, 2.45) is 0 Å². The van der Waals surface area contributed by atoms with Crippen LogP contribution in [0.2, 0.25) is 0 Å². The summed E-state index contributed by atoms with van der Waals surface area (Å²) in [6.45, 7) is 4.66. The van der Waals surface area contributed by atoms with Crippen LogP contribution in [0.25, 0.3) is 5.57 Å². The van der Waals surface area contributed by atoms with Gasteiger partial charge in [-0.15, -0.1) is 0 Å². The first-order valence-electron chi connectivity index (χ1n) is 15.3. The Morgan fingerprint density at radius 2 is 1.74 bits per heavy atom. The molecule has 11 nitrogen and oxygen atoms in total. The summed E-state index contributed by atoms with van der Waals surface area (Å²) in [6, 6.07) is 10.7. The van der Waals surface area contributed by atoms with Gasteiger partial charge in [0.15, 0.2) is 11.6 Å². The third kappa shape index (κ3) is 8.13. The van der Waals surface area contributed by atoms with Gasteiger partial charge < -0.3 is 18.9 Å². The quantitative estimate of drug-likeness (QED) is 0.163. The van der Waals surface area contributed by atoms with Crippen molar-refractivity contribution >= 4 is 38.4 Å². The van der Waals surface area contributed by atoms with E-state index in [-0.39, 0.29) is 24.8 Å². The van der Waals surface area contributed by atoms with Crippen molar-refractivity contribution in [3.8, 4) is 17.2 Å². The Balaban J connectivity index is 1.45. The van der Waals surface area contributed by atoms with E-state index in [1.54, 1.807) is 39.0 Å². The van der Waals surface area contributed by atoms with Crippen molar-refractivity contribution in [2.45, 2.75) is 50.3 Å². The largest absolute Gasteiger partial charge is 0.497 e. The number of hydrogen-bond acceptors (Lipinski definition) is 10. The second-order valence-electron chi connectivity index (χ2n) is 12.1. The summed E-state index contributed by atoms with van der Waals surface area (Å²) in [5.74, 6) is -2.75. The van der Waals surface area contributed by atoms with Gasteiger partial charge in [-0.1, -0.05) is 18.2 Å². The fourth-order valence-electron chi connectivity index (χ4n) is 5.27. The zero-order chi connectivity index (χ0) is 36.2. The number of methoxy groups -OCH3 is 2. The summed E-state index contributed by atoms with van der Waals surface area (Å²) >= 11 is 0.746. The van der Waals surface area contributed by atoms with Crippen LogP contribution in [-0.2, 0) is 21.3 Å². The van der Waals surface area contributed by atoms with Gasteiger partial charge in [0, 0.05) is 41.8 Å². The summed E-state index contributed by atoms with van der Waals surface area (Å²) in [5.41, 5.74) is 0.743. The molecule has 1 amide bonds. The molecule has 1 atom stereocenters. The van der Waals surface area contributed by atoms with E-state index in [0.717, 1.165) is 22.2 Å². The third-order valence-corrected chi connectivity index (χ3v) is 10.2. The van der Waals surface area contributed by atoms with Crippen LogP contribution in [-0.4, -0.2) is 67.8 Å². The molecular formula is C34H35F3N4O7S2. The molecule has 0 bridgehead atoms. The molecule has 50 heavy (non-hydrogen) atoms. The first-order valence-corrected chi connectivity index (χ1v) is 17.5. The summed E-state index contributed by atoms with van der Waals surface area (Å²) < 4.78 is 99.8. The maximum atomic E-state index is 15.8. The van der Waals surface area contributed by atoms with E-state index in [0.29, 0.717) is 46.8 Å². The Morgan fingerprint density at radius 1 is 1.00 bits per heavy atom. The second kappa shape index (κ2) is 15.0. The zero-order valence-corrected chi connectivity index (χ0v) is 29.5. The van der Waals surface area contributed by atoms with Crippen LogP contribution in [0.5, 0.6) is 17.2 Å². The molecule has 1 aromatic heterocycles. The SMILES string of the molecule is COc1ccc(CN(c2ncns2)S(=O)(=O)c2cc(F)c(OCC3C(c4ccc(F)cc4)=CCCN3C(=O)OC(C)(C)C)cc2F)c(OC)c1. The van der Waals surface area contributed by atoms with Crippen molar-refractivity contribution in [1.29, 1.82) is 0 Å². The molecule has 1 unspecified atom stereocenters. The molecule has 0 fully saturated rings. The molecule has 0 aliphatic carbocycles. The number of carbonyl (C=O) groups excluding carboxylic acids is 1. The number of sulfonamides is 1. The Kier molecular flexibility index (Phi) is 10.9. The Bertz CT molecular complexity index is 1970. The molecule has 0 N–H and O–H groups in total. The van der Waals surface area contributed by atoms with Gasteiger partial charge in [0.05, 0.1) is 26.8 Å². The number of amides is 1. The molecule has 5 rings (SSSR count). The molecule has 0 saturated carbocycles. The number of halogens is 3. The van der Waals surface area contributed by atoms with Gasteiger partial charge in [-0.05, 0) is 62.6 Å². The molecular weight excluding hydrogens is 698 g/mol. The number of nitrogens with zero attached hydrogens (tertiary/aromatic N) is 4. The molecule has 266 valence electrons. The molecule has 1 aliphatic heterocycles. The summed E-state index contributed by atoms with van der Waals surface area (Å²) in [5, 5.41) is -0.0948. The van der Waals surface area contributed by atoms with E-state index in [9.17, 15) is 17.6 Å². The Morgan fingerprint density at radius 3 is 2.38 bits per heavy atom. The number of benzene rings is 3. The van der Waals surface area contributed by atoms with E-state index < -0.39 is 55.9 Å². The highest BCUT2D eigenvalue weighted by Gasteiger charge is 2.35. The average Bonchev–Trinajstić information content (AvgIpc) is 3.61. The maximum absolute atomic E-state index is 15.8. The fraction of sp³-hybridized carbons (Fsp3) is 0.324. The van der Waals surface area contributed by atoms with Crippen LogP contribution in [0.15, 0.2) is 71.9 Å². The van der Waals surface area contributed by atoms with Crippen LogP contribution in [0.4, 0.5) is 23.1 Å². The second-order valence-corrected chi connectivity index (χ2v) is 14.7. The van der Waals surface area contributed by atoms with Gasteiger partial charge in [-0.25, -0.2) is 35.7 Å². The minimum atomic E-state index is -4.78. The van der Waals surface area contributed by atoms with E-state index in [2.05, 4.69) is 9.36 Å². The van der Waals surface area contributed by atoms with Gasteiger partial charge in [0.25, 0.3) is 10.0 Å². The van der Waals surface area contributed by atoms with E-state index >= 15 is 8.78 Å². The van der Waals surface area contributed by atoms with Crippen molar-refractivity contribution in [3.05, 3.63) is 95.6 Å². The summed E-state index contributed by atoms with van der Waals surface area (Å²) in [6.07, 6.45) is 2.79. The molecule has 4 aromatic rings. The van der Waals surface area contributed by atoms with Crippen LogP contribution in [0, 0.1) is 17.5 Å². The lowest BCUT2D eigenvalue weighted by Crippen LogP contribution is -2.48. The average molecular weight is 733 g/mol. The van der Waals surface area contributed by atoms with Gasteiger partial charge >= 0.3 is 6.09 Å². The molecule has 0 radical (unpaired) electrons. The number of ether oxygens (including phenoxy) is 4. The predicted octanol–water partition coefficient (Wildman–Crippen LogP) is 6.84. The van der Waals surface area contributed by atoms with Crippen LogP contribution in [0.3, 0.4) is 0 Å². The lowest BCUT2D eigenvalue weighted by atomic mass is 9.93. The van der Waals surface area contributed by atoms with Crippen LogP contribution in [0.1, 0.15) is 38.3 Å².